The number of aryl methyl sites for hydroxylation is 2. The van der Waals surface area contributed by atoms with E-state index < -0.39 is 27.4 Å². The topological polar surface area (TPSA) is 126 Å². The summed E-state index contributed by atoms with van der Waals surface area (Å²) in [6.07, 6.45) is 3.63. The van der Waals surface area contributed by atoms with Crippen molar-refractivity contribution in [3.8, 4) is 0 Å². The van der Waals surface area contributed by atoms with Crippen LogP contribution in [0.15, 0.2) is 84.0 Å². The van der Waals surface area contributed by atoms with Gasteiger partial charge in [-0.05, 0) is 0 Å². The van der Waals surface area contributed by atoms with Gasteiger partial charge in [-0.2, -0.15) is 0 Å². The number of hydrogen-bond acceptors (Lipinski definition) is 6. The summed E-state index contributed by atoms with van der Waals surface area (Å²) in [5.74, 6) is 0.537. The van der Waals surface area contributed by atoms with Crippen LogP contribution in [0.25, 0.3) is 6.08 Å². The standard InChI is InChI=1S/C30H36FIN5O2/c1-5-35-29(33)28(32-23-14-22(31)15-25(39)16-23)30(34)36-17-24(37-26-12-7-6-9-18(26)2)13-21-11-8-10-19(3)27(21)20(4)38/h6-13,15-16,22,35,37,39H,5,14,17,33H2,1-4H3,(H2,34,36)/q-1/b24-13-,29-28?. The summed E-state index contributed by atoms with van der Waals surface area (Å²) in [6.45, 7) is 8.18. The third kappa shape index (κ3) is 8.44. The van der Waals surface area contributed by atoms with Crippen molar-refractivity contribution >= 4 is 23.4 Å². The minimum absolute atomic E-state index is 0.0183. The number of amidine groups is 1. The van der Waals surface area contributed by atoms with E-state index in [1.807, 2.05) is 69.3 Å². The van der Waals surface area contributed by atoms with E-state index in [0.29, 0.717) is 21.5 Å². The number of alkyl halides is 1. The van der Waals surface area contributed by atoms with Crippen LogP contribution < -0.4 is 43.3 Å². The van der Waals surface area contributed by atoms with Gasteiger partial charge in [-0.25, -0.2) is 0 Å². The Morgan fingerprint density at radius 1 is 1.18 bits per heavy atom. The van der Waals surface area contributed by atoms with Crippen molar-refractivity contribution in [3.63, 3.8) is 0 Å². The van der Waals surface area contributed by atoms with Gasteiger partial charge in [0, 0.05) is 0 Å². The van der Waals surface area contributed by atoms with Crippen molar-refractivity contribution in [2.24, 2.45) is 16.5 Å². The third-order valence-electron chi connectivity index (χ3n) is 5.94. The molecule has 0 heterocycles. The quantitative estimate of drug-likeness (QED) is 0.111. The minimum atomic E-state index is -1.25. The van der Waals surface area contributed by atoms with E-state index in [1.165, 1.54) is 6.08 Å². The Morgan fingerprint density at radius 2 is 1.90 bits per heavy atom. The molecule has 2 aromatic rings. The maximum atomic E-state index is 14.1. The molecule has 39 heavy (non-hydrogen) atoms. The number of anilines is 1. The van der Waals surface area contributed by atoms with Gasteiger partial charge >= 0.3 is 241 Å². The van der Waals surface area contributed by atoms with E-state index in [1.54, 1.807) is 13.0 Å². The van der Waals surface area contributed by atoms with Crippen LogP contribution in [0.1, 0.15) is 47.3 Å². The molecule has 3 rings (SSSR count). The average Bonchev–Trinajstić information content (AvgIpc) is 2.86. The summed E-state index contributed by atoms with van der Waals surface area (Å²) < 4.78 is 15.5. The summed E-state index contributed by atoms with van der Waals surface area (Å²) in [5.41, 5.74) is 17.9. The number of Topliss-reactive ketones (excluding diaryl/α,β-unsaturated/α-hetero) is 1. The second kappa shape index (κ2) is 14.0. The van der Waals surface area contributed by atoms with Crippen molar-refractivity contribution in [2.45, 2.75) is 40.3 Å². The Morgan fingerprint density at radius 3 is 2.56 bits per heavy atom. The molecule has 0 aliphatic heterocycles. The van der Waals surface area contributed by atoms with Gasteiger partial charge in [0.05, 0.1) is 0 Å². The Hall–Kier alpha value is -3.60. The van der Waals surface area contributed by atoms with Gasteiger partial charge in [-0.1, -0.05) is 0 Å². The Kier molecular flexibility index (Phi) is 10.7. The Labute approximate surface area is 239 Å². The molecule has 9 heteroatoms. The van der Waals surface area contributed by atoms with E-state index in [2.05, 4.69) is 15.6 Å². The first kappa shape index (κ1) is 29.9. The predicted octanol–water partition coefficient (Wildman–Crippen LogP) is 2.21. The van der Waals surface area contributed by atoms with Crippen molar-refractivity contribution in [2.75, 3.05) is 18.4 Å². The van der Waals surface area contributed by atoms with Crippen LogP contribution in [0.3, 0.4) is 0 Å². The fourth-order valence-electron chi connectivity index (χ4n) is 4.12. The number of aliphatic imine (C=N–C) groups is 1. The zero-order valence-electron chi connectivity index (χ0n) is 22.7. The zero-order chi connectivity index (χ0) is 28.5. The van der Waals surface area contributed by atoms with Crippen LogP contribution in [0.5, 0.6) is 0 Å². The van der Waals surface area contributed by atoms with Gasteiger partial charge in [-0.15, -0.1) is 0 Å². The first-order valence-electron chi connectivity index (χ1n) is 12.7. The molecule has 0 saturated carbocycles. The summed E-state index contributed by atoms with van der Waals surface area (Å²) >= 11 is -0.992. The predicted molar refractivity (Wildman–Crippen MR) is 154 cm³/mol. The summed E-state index contributed by atoms with van der Waals surface area (Å²) in [7, 11) is 0. The molecule has 0 fully saturated rings. The number of hydrogen-bond donors (Lipinski definition) is 5. The molecule has 1 unspecified atom stereocenters. The molecule has 7 nitrogen and oxygen atoms in total. The molecule has 1 aliphatic carbocycles. The summed E-state index contributed by atoms with van der Waals surface area (Å²) in [6, 6.07) is 13.6. The number of para-hydroxylation sites is 1. The monoisotopic (exact) mass is 644 g/mol. The van der Waals surface area contributed by atoms with Crippen LogP contribution in [0.2, 0.25) is 0 Å². The number of halogens is 2. The SMILES string of the molecule is CCNC(N)=C([I-]C1=CC(O)=CC(F)C1)C(N)=NC/C(=C/c1cccc(C)c1C(C)=O)Nc1ccccc1C. The molecule has 0 radical (unpaired) electrons. The molecule has 0 bridgehead atoms. The van der Waals surface area contributed by atoms with Gasteiger partial charge in [0.25, 0.3) is 0 Å². The van der Waals surface area contributed by atoms with Gasteiger partial charge in [0.15, 0.2) is 0 Å². The van der Waals surface area contributed by atoms with Gasteiger partial charge in [0.1, 0.15) is 0 Å². The van der Waals surface area contributed by atoms with E-state index in [-0.39, 0.29) is 30.3 Å². The third-order valence-corrected chi connectivity index (χ3v) is 9.06. The average molecular weight is 645 g/mol. The molecule has 1 aliphatic rings. The number of benzene rings is 2. The molecule has 1 atom stereocenters. The molecule has 2 aromatic carbocycles. The number of rotatable bonds is 11. The van der Waals surface area contributed by atoms with Crippen molar-refractivity contribution in [3.05, 3.63) is 101 Å². The number of carbonyl (C=O) groups excluding carboxylic acids is 1. The van der Waals surface area contributed by atoms with Crippen molar-refractivity contribution in [1.82, 2.24) is 5.32 Å². The van der Waals surface area contributed by atoms with Crippen molar-refractivity contribution < 1.29 is 35.5 Å². The molecular formula is C30H36FIN5O2-. The van der Waals surface area contributed by atoms with Crippen LogP contribution in [-0.2, 0) is 0 Å². The van der Waals surface area contributed by atoms with Gasteiger partial charge in [0.2, 0.25) is 0 Å². The maximum absolute atomic E-state index is 14.1. The van der Waals surface area contributed by atoms with E-state index in [4.69, 9.17) is 11.5 Å². The van der Waals surface area contributed by atoms with Crippen LogP contribution in [-0.4, -0.2) is 36.0 Å². The number of ketones is 1. The fourth-order valence-corrected chi connectivity index (χ4v) is 6.85. The molecular weight excluding hydrogens is 608 g/mol. The van der Waals surface area contributed by atoms with Crippen LogP contribution >= 0.6 is 0 Å². The number of allylic oxidation sites excluding steroid dienone is 3. The summed E-state index contributed by atoms with van der Waals surface area (Å²) in [5, 5.41) is 16.5. The number of carbonyl (C=O) groups is 1. The van der Waals surface area contributed by atoms with E-state index >= 15 is 0 Å². The molecule has 0 spiro atoms. The number of nitrogens with two attached hydrogens (primary N) is 2. The number of aliphatic hydroxyl groups is 1. The second-order valence-electron chi connectivity index (χ2n) is 9.16. The molecule has 208 valence electrons. The first-order valence-corrected chi connectivity index (χ1v) is 14.8. The van der Waals surface area contributed by atoms with Crippen LogP contribution in [0, 0.1) is 13.8 Å². The second-order valence-corrected chi connectivity index (χ2v) is 12.2. The van der Waals surface area contributed by atoms with Crippen molar-refractivity contribution in [1.29, 1.82) is 0 Å². The van der Waals surface area contributed by atoms with E-state index in [0.717, 1.165) is 31.7 Å². The number of aliphatic hydroxyl groups excluding tert-OH is 1. The zero-order valence-corrected chi connectivity index (χ0v) is 24.8. The van der Waals surface area contributed by atoms with Gasteiger partial charge < -0.3 is 0 Å². The number of nitrogens with one attached hydrogen (secondary N) is 2. The first-order chi connectivity index (χ1) is 18.6. The molecule has 0 amide bonds. The van der Waals surface area contributed by atoms with E-state index in [9.17, 15) is 14.3 Å². The molecule has 0 aromatic heterocycles. The molecule has 0 saturated heterocycles. The van der Waals surface area contributed by atoms with Gasteiger partial charge in [-0.3, -0.25) is 0 Å². The Bertz CT molecular complexity index is 1380. The molecule has 7 N–H and O–H groups in total. The summed E-state index contributed by atoms with van der Waals surface area (Å²) in [4.78, 5) is 17.1. The normalized spacial score (nSPS) is 16.8. The fraction of sp³-hybridized carbons (Fsp3) is 0.267. The van der Waals surface area contributed by atoms with Crippen LogP contribution in [0.4, 0.5) is 10.1 Å². The number of nitrogens with zero attached hydrogens (tertiary/aromatic N) is 1. The Balaban J connectivity index is 2.01.